The molecule has 3 aromatic rings. The van der Waals surface area contributed by atoms with Gasteiger partial charge in [-0.3, -0.25) is 0 Å². The van der Waals surface area contributed by atoms with Crippen LogP contribution in [0.25, 0.3) is 11.5 Å². The van der Waals surface area contributed by atoms with Crippen LogP contribution in [0.15, 0.2) is 47.1 Å². The second-order valence-corrected chi connectivity index (χ2v) is 7.35. The second-order valence-electron chi connectivity index (χ2n) is 6.91. The molecule has 0 spiro atoms. The number of pyridine rings is 1. The van der Waals surface area contributed by atoms with Crippen molar-refractivity contribution in [3.05, 3.63) is 53.2 Å². The summed E-state index contributed by atoms with van der Waals surface area (Å²) >= 11 is 5.89. The van der Waals surface area contributed by atoms with Crippen molar-refractivity contribution in [3.8, 4) is 28.8 Å². The van der Waals surface area contributed by atoms with Crippen molar-refractivity contribution in [2.45, 2.75) is 31.0 Å². The van der Waals surface area contributed by atoms with Crippen molar-refractivity contribution in [1.29, 1.82) is 0 Å². The number of carbonyl (C=O) groups excluding carboxylic acids is 1. The van der Waals surface area contributed by atoms with E-state index in [0.29, 0.717) is 17.9 Å². The van der Waals surface area contributed by atoms with Gasteiger partial charge in [-0.1, -0.05) is 23.7 Å². The van der Waals surface area contributed by atoms with Crippen LogP contribution in [0, 0.1) is 0 Å². The number of esters is 1. The molecule has 4 rings (SSSR count). The van der Waals surface area contributed by atoms with E-state index in [9.17, 15) is 23.1 Å². The quantitative estimate of drug-likeness (QED) is 0.548. The van der Waals surface area contributed by atoms with Crippen molar-refractivity contribution in [2.24, 2.45) is 0 Å². The van der Waals surface area contributed by atoms with E-state index < -0.39 is 23.8 Å². The van der Waals surface area contributed by atoms with Crippen LogP contribution in [-0.4, -0.2) is 33.5 Å². The highest BCUT2D eigenvalue weighted by Gasteiger charge is 2.42. The van der Waals surface area contributed by atoms with Gasteiger partial charge in [-0.05, 0) is 41.6 Å². The number of aromatic hydroxyl groups is 1. The summed E-state index contributed by atoms with van der Waals surface area (Å²) in [6.07, 6.45) is -2.75. The van der Waals surface area contributed by atoms with Crippen LogP contribution in [0.3, 0.4) is 0 Å². The molecule has 1 fully saturated rings. The first kappa shape index (κ1) is 21.0. The van der Waals surface area contributed by atoms with Crippen LogP contribution in [-0.2, 0) is 4.79 Å². The van der Waals surface area contributed by atoms with Gasteiger partial charge in [0.2, 0.25) is 0 Å². The number of ether oxygens (including phenoxy) is 2. The average Bonchev–Trinajstić information content (AvgIpc) is 3.11. The van der Waals surface area contributed by atoms with Gasteiger partial charge in [-0.25, -0.2) is 9.78 Å². The Morgan fingerprint density at radius 1 is 1.19 bits per heavy atom. The molecule has 0 saturated heterocycles. The third kappa shape index (κ3) is 4.74. The maximum Gasteiger partial charge on any atom is 0.491 e. The van der Waals surface area contributed by atoms with Gasteiger partial charge in [0.15, 0.2) is 17.2 Å². The molecule has 1 aliphatic carbocycles. The number of alkyl halides is 3. The van der Waals surface area contributed by atoms with Gasteiger partial charge >= 0.3 is 12.1 Å². The Hall–Kier alpha value is -3.27. The molecule has 2 aromatic heterocycles. The summed E-state index contributed by atoms with van der Waals surface area (Å²) < 4.78 is 53.0. The number of benzene rings is 1. The average molecular weight is 455 g/mol. The number of halogens is 4. The molecule has 2 heterocycles. The molecule has 0 bridgehead atoms. The van der Waals surface area contributed by atoms with Gasteiger partial charge in [0, 0.05) is 11.1 Å². The van der Waals surface area contributed by atoms with Crippen molar-refractivity contribution in [3.63, 3.8) is 0 Å². The summed E-state index contributed by atoms with van der Waals surface area (Å²) in [6.45, 7) is 0. The minimum atomic E-state index is -5.21. The topological polar surface area (TPSA) is 94.7 Å². The zero-order valence-electron chi connectivity index (χ0n) is 15.6. The molecule has 1 aliphatic rings. The minimum Gasteiger partial charge on any atom is -0.491 e. The first-order chi connectivity index (χ1) is 14.7. The first-order valence-electron chi connectivity index (χ1n) is 9.06. The molecule has 0 unspecified atom stereocenters. The Morgan fingerprint density at radius 3 is 2.52 bits per heavy atom. The van der Waals surface area contributed by atoms with E-state index in [4.69, 9.17) is 20.9 Å². The van der Waals surface area contributed by atoms with E-state index in [-0.39, 0.29) is 29.2 Å². The van der Waals surface area contributed by atoms with Gasteiger partial charge in [0.05, 0.1) is 18.4 Å². The molecule has 1 saturated carbocycles. The van der Waals surface area contributed by atoms with Crippen molar-refractivity contribution < 1.29 is 37.1 Å². The van der Waals surface area contributed by atoms with Crippen LogP contribution >= 0.6 is 11.6 Å². The van der Waals surface area contributed by atoms with Crippen LogP contribution in [0.5, 0.6) is 17.4 Å². The van der Waals surface area contributed by atoms with Crippen LogP contribution < -0.4 is 9.47 Å². The summed E-state index contributed by atoms with van der Waals surface area (Å²) in [6, 6.07) is 9.60. The molecule has 1 aromatic carbocycles. The highest BCUT2D eigenvalue weighted by Crippen LogP contribution is 2.41. The fraction of sp³-hybridized carbons (Fsp3) is 0.250. The predicted octanol–water partition coefficient (Wildman–Crippen LogP) is 4.89. The fourth-order valence-electron chi connectivity index (χ4n) is 3.15. The van der Waals surface area contributed by atoms with E-state index in [2.05, 4.69) is 14.9 Å². The third-order valence-corrected chi connectivity index (χ3v) is 4.98. The Labute approximate surface area is 178 Å². The number of carbonyl (C=O) groups is 1. The monoisotopic (exact) mass is 454 g/mol. The number of rotatable bonds is 5. The zero-order valence-corrected chi connectivity index (χ0v) is 16.4. The van der Waals surface area contributed by atoms with E-state index in [1.54, 1.807) is 12.1 Å². The van der Waals surface area contributed by atoms with Crippen molar-refractivity contribution in [2.75, 3.05) is 0 Å². The van der Waals surface area contributed by atoms with Crippen LogP contribution in [0.2, 0.25) is 5.02 Å². The van der Waals surface area contributed by atoms with E-state index >= 15 is 0 Å². The smallest absolute Gasteiger partial charge is 0.491 e. The molecular weight excluding hydrogens is 441 g/mol. The molecule has 31 heavy (non-hydrogen) atoms. The number of aromatic nitrogens is 2. The summed E-state index contributed by atoms with van der Waals surface area (Å²) in [7, 11) is 0. The lowest BCUT2D eigenvalue weighted by atomic mass is 9.77. The molecule has 7 nitrogen and oxygen atoms in total. The zero-order chi connectivity index (χ0) is 22.2. The van der Waals surface area contributed by atoms with E-state index in [1.165, 1.54) is 6.20 Å². The highest BCUT2D eigenvalue weighted by atomic mass is 35.5. The Kier molecular flexibility index (Phi) is 5.48. The fourth-order valence-corrected chi connectivity index (χ4v) is 3.28. The van der Waals surface area contributed by atoms with Gasteiger partial charge in [0.25, 0.3) is 5.88 Å². The Balaban J connectivity index is 1.50. The van der Waals surface area contributed by atoms with Crippen molar-refractivity contribution >= 4 is 17.6 Å². The van der Waals surface area contributed by atoms with Gasteiger partial charge in [-0.2, -0.15) is 13.2 Å². The predicted molar refractivity (Wildman–Crippen MR) is 101 cm³/mol. The third-order valence-electron chi connectivity index (χ3n) is 4.73. The molecule has 0 radical (unpaired) electrons. The second kappa shape index (κ2) is 8.10. The Morgan fingerprint density at radius 2 is 1.90 bits per heavy atom. The lowest BCUT2D eigenvalue weighted by Gasteiger charge is -2.35. The van der Waals surface area contributed by atoms with Gasteiger partial charge in [-0.15, -0.1) is 0 Å². The molecule has 162 valence electrons. The SMILES string of the molecule is O=C(Oc1cc(O[C@H]2C[C@H](c3ccc(Cl)cc3)C2)cnc1-c1cc(O)no1)C(F)(F)F. The lowest BCUT2D eigenvalue weighted by molar-refractivity contribution is -0.189. The number of hydrogen-bond acceptors (Lipinski definition) is 7. The van der Waals surface area contributed by atoms with Crippen LogP contribution in [0.4, 0.5) is 13.2 Å². The van der Waals surface area contributed by atoms with E-state index in [0.717, 1.165) is 17.7 Å². The first-order valence-corrected chi connectivity index (χ1v) is 9.44. The molecule has 0 aliphatic heterocycles. The maximum absolute atomic E-state index is 12.7. The maximum atomic E-state index is 12.7. The number of nitrogens with zero attached hydrogens (tertiary/aromatic N) is 2. The highest BCUT2D eigenvalue weighted by molar-refractivity contribution is 6.30. The lowest BCUT2D eigenvalue weighted by Crippen LogP contribution is -2.32. The Bertz CT molecular complexity index is 1090. The molecular formula is C20H14ClF3N2O5. The largest absolute Gasteiger partial charge is 0.491 e. The summed E-state index contributed by atoms with van der Waals surface area (Å²) in [5.74, 6) is -3.26. The van der Waals surface area contributed by atoms with Gasteiger partial charge < -0.3 is 19.1 Å². The number of hydrogen-bond donors (Lipinski definition) is 1. The standard InChI is InChI=1S/C20H14ClF3N2O5/c21-12-3-1-10(2-4-12)11-5-13(6-11)29-14-7-15(30-19(28)20(22,23)24)18(25-9-14)16-8-17(27)26-31-16/h1-4,7-9,11,13H,5-6H2,(H,26,27)/t11-,13-. The molecule has 0 atom stereocenters. The molecule has 0 amide bonds. The molecule has 1 N–H and O–H groups in total. The summed E-state index contributed by atoms with van der Waals surface area (Å²) in [5, 5.41) is 13.2. The summed E-state index contributed by atoms with van der Waals surface area (Å²) in [4.78, 5) is 15.3. The van der Waals surface area contributed by atoms with Crippen molar-refractivity contribution in [1.82, 2.24) is 10.1 Å². The molecule has 11 heteroatoms. The van der Waals surface area contributed by atoms with E-state index in [1.807, 2.05) is 12.1 Å². The van der Waals surface area contributed by atoms with Gasteiger partial charge in [0.1, 0.15) is 5.75 Å². The minimum absolute atomic E-state index is 0.122. The normalized spacial score (nSPS) is 18.3. The summed E-state index contributed by atoms with van der Waals surface area (Å²) in [5.41, 5.74) is 0.869. The van der Waals surface area contributed by atoms with Crippen LogP contribution in [0.1, 0.15) is 24.3 Å².